The van der Waals surface area contributed by atoms with Crippen LogP contribution in [0.3, 0.4) is 0 Å². The molecule has 0 saturated heterocycles. The van der Waals surface area contributed by atoms with Crippen LogP contribution in [0, 0.1) is 0 Å². The van der Waals surface area contributed by atoms with E-state index in [9.17, 15) is 14.7 Å². The molecule has 0 aliphatic carbocycles. The summed E-state index contributed by atoms with van der Waals surface area (Å²) in [7, 11) is 0. The van der Waals surface area contributed by atoms with Gasteiger partial charge in [0.2, 0.25) is 0 Å². The van der Waals surface area contributed by atoms with Crippen LogP contribution in [0.1, 0.15) is 18.7 Å². The van der Waals surface area contributed by atoms with Gasteiger partial charge >= 0.3 is 5.97 Å². The standard InChI is InChI=1S/C13H15NO4S/c1-3-18-13(17)11(9(2)15)12(16)14-7-6-10-5-4-8-19-10/h4-8,15H,3H2,1-2H3,(H,14,16)/b7-6+,11-9+. The lowest BCUT2D eigenvalue weighted by Crippen LogP contribution is -2.26. The second kappa shape index (κ2) is 7.38. The molecule has 1 aromatic heterocycles. The first-order valence-corrected chi connectivity index (χ1v) is 6.52. The Kier molecular flexibility index (Phi) is 5.81. The minimum absolute atomic E-state index is 0.133. The topological polar surface area (TPSA) is 75.6 Å². The molecule has 19 heavy (non-hydrogen) atoms. The lowest BCUT2D eigenvalue weighted by Gasteiger charge is -2.06. The van der Waals surface area contributed by atoms with Gasteiger partial charge < -0.3 is 15.2 Å². The molecule has 0 spiro atoms. The average Bonchev–Trinajstić information content (AvgIpc) is 2.82. The fourth-order valence-corrected chi connectivity index (χ4v) is 1.88. The summed E-state index contributed by atoms with van der Waals surface area (Å²) < 4.78 is 4.70. The number of hydrogen-bond donors (Lipinski definition) is 2. The quantitative estimate of drug-likeness (QED) is 0.285. The number of esters is 1. The molecule has 0 radical (unpaired) electrons. The summed E-state index contributed by atoms with van der Waals surface area (Å²) >= 11 is 1.51. The zero-order valence-electron chi connectivity index (χ0n) is 10.7. The predicted molar refractivity (Wildman–Crippen MR) is 73.5 cm³/mol. The van der Waals surface area contributed by atoms with Gasteiger partial charge in [-0.15, -0.1) is 11.3 Å². The van der Waals surface area contributed by atoms with E-state index < -0.39 is 17.4 Å². The molecule has 0 aliphatic heterocycles. The van der Waals surface area contributed by atoms with E-state index in [-0.39, 0.29) is 12.4 Å². The first kappa shape index (κ1) is 15.0. The molecule has 0 bridgehead atoms. The van der Waals surface area contributed by atoms with Crippen molar-refractivity contribution >= 4 is 29.3 Å². The molecular weight excluding hydrogens is 266 g/mol. The normalized spacial score (nSPS) is 12.1. The molecule has 2 N–H and O–H groups in total. The van der Waals surface area contributed by atoms with Crippen molar-refractivity contribution in [2.75, 3.05) is 6.61 Å². The monoisotopic (exact) mass is 281 g/mol. The summed E-state index contributed by atoms with van der Waals surface area (Å²) in [6.07, 6.45) is 3.11. The van der Waals surface area contributed by atoms with E-state index >= 15 is 0 Å². The van der Waals surface area contributed by atoms with Crippen LogP contribution in [0.4, 0.5) is 0 Å². The van der Waals surface area contributed by atoms with Gasteiger partial charge in [0.25, 0.3) is 5.91 Å². The van der Waals surface area contributed by atoms with Crippen LogP contribution in [0.2, 0.25) is 0 Å². The summed E-state index contributed by atoms with van der Waals surface area (Å²) in [4.78, 5) is 24.2. The van der Waals surface area contributed by atoms with Crippen molar-refractivity contribution in [2.45, 2.75) is 13.8 Å². The van der Waals surface area contributed by atoms with Crippen molar-refractivity contribution in [3.63, 3.8) is 0 Å². The first-order chi connectivity index (χ1) is 9.06. The first-order valence-electron chi connectivity index (χ1n) is 5.64. The van der Waals surface area contributed by atoms with E-state index in [4.69, 9.17) is 4.74 Å². The van der Waals surface area contributed by atoms with Crippen LogP contribution in [0.5, 0.6) is 0 Å². The molecule has 0 saturated carbocycles. The van der Waals surface area contributed by atoms with E-state index in [1.807, 2.05) is 17.5 Å². The van der Waals surface area contributed by atoms with Crippen LogP contribution < -0.4 is 5.32 Å². The van der Waals surface area contributed by atoms with E-state index in [2.05, 4.69) is 5.32 Å². The Morgan fingerprint density at radius 1 is 1.53 bits per heavy atom. The SMILES string of the molecule is CCOC(=O)/C(C(=O)N/C=C/c1cccs1)=C(\C)O. The van der Waals surface area contributed by atoms with Crippen LogP contribution in [0.15, 0.2) is 35.0 Å². The number of allylic oxidation sites excluding steroid dienone is 1. The van der Waals surface area contributed by atoms with Gasteiger partial charge in [0, 0.05) is 11.1 Å². The van der Waals surface area contributed by atoms with Gasteiger partial charge in [0.1, 0.15) is 5.76 Å². The molecular formula is C13H15NO4S. The van der Waals surface area contributed by atoms with E-state index in [1.54, 1.807) is 13.0 Å². The second-order valence-corrected chi connectivity index (χ2v) is 4.48. The maximum Gasteiger partial charge on any atom is 0.347 e. The van der Waals surface area contributed by atoms with E-state index in [1.165, 1.54) is 24.5 Å². The molecule has 1 aromatic rings. The molecule has 5 nitrogen and oxygen atoms in total. The number of amides is 1. The Morgan fingerprint density at radius 2 is 2.26 bits per heavy atom. The molecule has 0 atom stereocenters. The number of ether oxygens (including phenoxy) is 1. The number of thiophene rings is 1. The summed E-state index contributed by atoms with van der Waals surface area (Å²) in [5.41, 5.74) is -0.391. The second-order valence-electron chi connectivity index (χ2n) is 3.50. The van der Waals surface area contributed by atoms with Gasteiger partial charge in [-0.25, -0.2) is 4.79 Å². The minimum atomic E-state index is -0.843. The summed E-state index contributed by atoms with van der Waals surface area (Å²) in [6.45, 7) is 3.01. The molecule has 0 aliphatic rings. The lowest BCUT2D eigenvalue weighted by molar-refractivity contribution is -0.140. The van der Waals surface area contributed by atoms with Crippen molar-refractivity contribution in [3.8, 4) is 0 Å². The zero-order valence-corrected chi connectivity index (χ0v) is 11.5. The highest BCUT2D eigenvalue weighted by molar-refractivity contribution is 7.10. The number of carbonyl (C=O) groups is 2. The molecule has 1 heterocycles. The molecule has 1 rings (SSSR count). The molecule has 102 valence electrons. The van der Waals surface area contributed by atoms with Gasteiger partial charge in [0.15, 0.2) is 5.57 Å². The van der Waals surface area contributed by atoms with E-state index in [0.717, 1.165) is 4.88 Å². The fourth-order valence-electron chi connectivity index (χ4n) is 1.27. The van der Waals surface area contributed by atoms with Gasteiger partial charge in [-0.1, -0.05) is 6.07 Å². The zero-order chi connectivity index (χ0) is 14.3. The smallest absolute Gasteiger partial charge is 0.347 e. The summed E-state index contributed by atoms with van der Waals surface area (Å²) in [5.74, 6) is -1.92. The van der Waals surface area contributed by atoms with Gasteiger partial charge in [-0.2, -0.15) is 0 Å². The van der Waals surface area contributed by atoms with Crippen LogP contribution in [-0.4, -0.2) is 23.6 Å². The van der Waals surface area contributed by atoms with Crippen LogP contribution in [-0.2, 0) is 14.3 Å². The van der Waals surface area contributed by atoms with Gasteiger partial charge in [0.05, 0.1) is 6.61 Å². The number of hydrogen-bond acceptors (Lipinski definition) is 5. The van der Waals surface area contributed by atoms with Crippen molar-refractivity contribution < 1.29 is 19.4 Å². The molecule has 0 aromatic carbocycles. The highest BCUT2D eigenvalue weighted by Gasteiger charge is 2.22. The third kappa shape index (κ3) is 4.59. The number of carbonyl (C=O) groups excluding carboxylic acids is 2. The largest absolute Gasteiger partial charge is 0.511 e. The van der Waals surface area contributed by atoms with Crippen molar-refractivity contribution in [3.05, 3.63) is 39.9 Å². The Balaban J connectivity index is 2.69. The number of nitrogens with one attached hydrogen (secondary N) is 1. The van der Waals surface area contributed by atoms with Crippen LogP contribution >= 0.6 is 11.3 Å². The maximum absolute atomic E-state index is 11.8. The molecule has 0 unspecified atom stereocenters. The highest BCUT2D eigenvalue weighted by Crippen LogP contribution is 2.10. The van der Waals surface area contributed by atoms with Crippen LogP contribution in [0.25, 0.3) is 6.08 Å². The summed E-state index contributed by atoms with van der Waals surface area (Å²) in [6, 6.07) is 3.76. The number of rotatable bonds is 5. The third-order valence-corrected chi connectivity index (χ3v) is 2.91. The number of aliphatic hydroxyl groups is 1. The Labute approximate surface area is 115 Å². The van der Waals surface area contributed by atoms with Crippen molar-refractivity contribution in [1.29, 1.82) is 0 Å². The number of aliphatic hydroxyl groups excluding tert-OH is 1. The fraction of sp³-hybridized carbons (Fsp3) is 0.231. The minimum Gasteiger partial charge on any atom is -0.511 e. The molecule has 6 heteroatoms. The molecule has 0 fully saturated rings. The highest BCUT2D eigenvalue weighted by atomic mass is 32.1. The van der Waals surface area contributed by atoms with Crippen molar-refractivity contribution in [1.82, 2.24) is 5.32 Å². The lowest BCUT2D eigenvalue weighted by atomic mass is 10.2. The Bertz CT molecular complexity index is 499. The molecule has 1 amide bonds. The Morgan fingerprint density at radius 3 is 2.79 bits per heavy atom. The predicted octanol–water partition coefficient (Wildman–Crippen LogP) is 2.23. The van der Waals surface area contributed by atoms with Gasteiger partial charge in [-0.05, 0) is 31.4 Å². The average molecular weight is 281 g/mol. The van der Waals surface area contributed by atoms with Gasteiger partial charge in [-0.3, -0.25) is 4.79 Å². The van der Waals surface area contributed by atoms with E-state index in [0.29, 0.717) is 0 Å². The maximum atomic E-state index is 11.8. The van der Waals surface area contributed by atoms with Crippen molar-refractivity contribution in [2.24, 2.45) is 0 Å². The Hall–Kier alpha value is -2.08. The summed E-state index contributed by atoms with van der Waals surface area (Å²) in [5, 5.41) is 13.7. The third-order valence-electron chi connectivity index (χ3n) is 2.07.